The summed E-state index contributed by atoms with van der Waals surface area (Å²) >= 11 is 1.59. The van der Waals surface area contributed by atoms with E-state index < -0.39 is 0 Å². The largest absolute Gasteiger partial charge is 0.493 e. The molecule has 0 aliphatic rings. The van der Waals surface area contributed by atoms with Gasteiger partial charge >= 0.3 is 0 Å². The summed E-state index contributed by atoms with van der Waals surface area (Å²) in [6.45, 7) is 0.550. The summed E-state index contributed by atoms with van der Waals surface area (Å²) in [7, 11) is 1.94. The van der Waals surface area contributed by atoms with E-state index in [0.29, 0.717) is 12.2 Å². The summed E-state index contributed by atoms with van der Waals surface area (Å²) in [6.07, 6.45) is 3.48. The number of hydrogen-bond acceptors (Lipinski definition) is 6. The molecule has 0 saturated carbocycles. The highest BCUT2D eigenvalue weighted by molar-refractivity contribution is 7.99. The summed E-state index contributed by atoms with van der Waals surface area (Å²) in [5, 5.41) is 18.1. The summed E-state index contributed by atoms with van der Waals surface area (Å²) in [4.78, 5) is 4.01. The number of rotatable bonds is 6. The molecule has 0 N–H and O–H groups in total. The lowest BCUT2D eigenvalue weighted by Crippen LogP contribution is -2.02. The number of aromatic nitrogens is 4. The van der Waals surface area contributed by atoms with Crippen LogP contribution in [0.15, 0.2) is 53.9 Å². The van der Waals surface area contributed by atoms with Gasteiger partial charge in [-0.25, -0.2) is 0 Å². The Labute approximate surface area is 144 Å². The number of nitrogens with zero attached hydrogens (tertiary/aromatic N) is 5. The van der Waals surface area contributed by atoms with Crippen molar-refractivity contribution >= 4 is 11.8 Å². The predicted molar refractivity (Wildman–Crippen MR) is 91.6 cm³/mol. The lowest BCUT2D eigenvalue weighted by molar-refractivity contribution is 0.344. The van der Waals surface area contributed by atoms with Crippen LogP contribution in [0, 0.1) is 11.3 Å². The molecular formula is C17H15N5OS. The van der Waals surface area contributed by atoms with Gasteiger partial charge < -0.3 is 9.30 Å². The molecule has 0 aliphatic heterocycles. The Morgan fingerprint density at radius 3 is 2.58 bits per heavy atom. The molecule has 24 heavy (non-hydrogen) atoms. The minimum absolute atomic E-state index is 0.550. The molecule has 0 fully saturated rings. The zero-order chi connectivity index (χ0) is 16.8. The molecule has 6 nitrogen and oxygen atoms in total. The lowest BCUT2D eigenvalue weighted by Gasteiger charge is -2.06. The van der Waals surface area contributed by atoms with Crippen molar-refractivity contribution in [2.45, 2.75) is 5.16 Å². The molecule has 0 radical (unpaired) electrons. The molecule has 0 unspecified atom stereocenters. The highest BCUT2D eigenvalue weighted by Gasteiger charge is 2.10. The van der Waals surface area contributed by atoms with Gasteiger partial charge in [-0.1, -0.05) is 11.8 Å². The van der Waals surface area contributed by atoms with Crippen molar-refractivity contribution in [3.05, 3.63) is 54.4 Å². The maximum Gasteiger partial charge on any atom is 0.191 e. The second-order valence-electron chi connectivity index (χ2n) is 4.93. The van der Waals surface area contributed by atoms with Gasteiger partial charge in [-0.2, -0.15) is 5.26 Å². The minimum atomic E-state index is 0.550. The van der Waals surface area contributed by atoms with E-state index in [1.165, 1.54) is 0 Å². The molecule has 0 aliphatic carbocycles. The fourth-order valence-corrected chi connectivity index (χ4v) is 2.84. The standard InChI is InChI=1S/C17H15N5OS/c1-22-16(14-6-8-19-9-7-14)20-21-17(22)24-11-10-23-15-4-2-13(12-18)3-5-15/h2-9H,10-11H2,1H3. The van der Waals surface area contributed by atoms with Crippen molar-refractivity contribution in [3.63, 3.8) is 0 Å². The van der Waals surface area contributed by atoms with Gasteiger partial charge in [-0.05, 0) is 36.4 Å². The second-order valence-corrected chi connectivity index (χ2v) is 6.00. The van der Waals surface area contributed by atoms with E-state index in [9.17, 15) is 0 Å². The van der Waals surface area contributed by atoms with Crippen molar-refractivity contribution in [2.75, 3.05) is 12.4 Å². The number of pyridine rings is 1. The van der Waals surface area contributed by atoms with Crippen LogP contribution in [0.4, 0.5) is 0 Å². The number of thioether (sulfide) groups is 1. The fraction of sp³-hybridized carbons (Fsp3) is 0.176. The van der Waals surface area contributed by atoms with Crippen LogP contribution in [0.25, 0.3) is 11.4 Å². The number of nitriles is 1. The first-order valence-electron chi connectivity index (χ1n) is 7.33. The molecule has 0 spiro atoms. The Morgan fingerprint density at radius 1 is 1.12 bits per heavy atom. The molecule has 0 saturated heterocycles. The first kappa shape index (κ1) is 16.0. The monoisotopic (exact) mass is 337 g/mol. The van der Waals surface area contributed by atoms with Crippen LogP contribution >= 0.6 is 11.8 Å². The molecule has 1 aromatic carbocycles. The van der Waals surface area contributed by atoms with Crippen LogP contribution in [-0.4, -0.2) is 32.1 Å². The molecule has 0 atom stereocenters. The Morgan fingerprint density at radius 2 is 1.88 bits per heavy atom. The Hall–Kier alpha value is -2.85. The quantitative estimate of drug-likeness (QED) is 0.508. The van der Waals surface area contributed by atoms with E-state index in [4.69, 9.17) is 10.00 Å². The third-order valence-corrected chi connectivity index (χ3v) is 4.32. The molecule has 7 heteroatoms. The van der Waals surface area contributed by atoms with E-state index >= 15 is 0 Å². The smallest absolute Gasteiger partial charge is 0.191 e. The molecular weight excluding hydrogens is 322 g/mol. The van der Waals surface area contributed by atoms with Crippen LogP contribution in [0.2, 0.25) is 0 Å². The van der Waals surface area contributed by atoms with Crippen molar-refractivity contribution in [3.8, 4) is 23.2 Å². The Bertz CT molecular complexity index is 840. The SMILES string of the molecule is Cn1c(SCCOc2ccc(C#N)cc2)nnc1-c1ccncc1. The van der Waals surface area contributed by atoms with E-state index in [-0.39, 0.29) is 0 Å². The summed E-state index contributed by atoms with van der Waals surface area (Å²) in [5.41, 5.74) is 1.61. The first-order valence-corrected chi connectivity index (χ1v) is 8.32. The van der Waals surface area contributed by atoms with Gasteiger partial charge in [-0.15, -0.1) is 10.2 Å². The molecule has 2 heterocycles. The van der Waals surface area contributed by atoms with Crippen LogP contribution in [0.5, 0.6) is 5.75 Å². The number of hydrogen-bond donors (Lipinski definition) is 0. The molecule has 0 amide bonds. The van der Waals surface area contributed by atoms with Crippen LogP contribution < -0.4 is 4.74 Å². The summed E-state index contributed by atoms with van der Waals surface area (Å²) < 4.78 is 7.62. The van der Waals surface area contributed by atoms with Crippen LogP contribution in [0.1, 0.15) is 5.56 Å². The highest BCUT2D eigenvalue weighted by Crippen LogP contribution is 2.22. The summed E-state index contributed by atoms with van der Waals surface area (Å²) in [6, 6.07) is 13.0. The number of benzene rings is 1. The van der Waals surface area contributed by atoms with Gasteiger partial charge in [0.25, 0.3) is 0 Å². The van der Waals surface area contributed by atoms with Gasteiger partial charge in [0.05, 0.1) is 18.2 Å². The normalized spacial score (nSPS) is 10.3. The molecule has 3 aromatic rings. The number of ether oxygens (including phenoxy) is 1. The van der Waals surface area contributed by atoms with Gasteiger partial charge in [0.2, 0.25) is 0 Å². The van der Waals surface area contributed by atoms with Gasteiger partial charge in [0.15, 0.2) is 11.0 Å². The Kier molecular flexibility index (Phi) is 5.08. The summed E-state index contributed by atoms with van der Waals surface area (Å²) in [5.74, 6) is 2.32. The maximum absolute atomic E-state index is 8.77. The van der Waals surface area contributed by atoms with Gasteiger partial charge in [0.1, 0.15) is 5.75 Å². The predicted octanol–water partition coefficient (Wildman–Crippen LogP) is 2.92. The zero-order valence-corrected chi connectivity index (χ0v) is 13.9. The molecule has 120 valence electrons. The van der Waals surface area contributed by atoms with Crippen LogP contribution in [-0.2, 0) is 7.05 Å². The fourth-order valence-electron chi connectivity index (χ4n) is 2.11. The van der Waals surface area contributed by atoms with Gasteiger partial charge in [0, 0.05) is 30.8 Å². The van der Waals surface area contributed by atoms with Gasteiger partial charge in [-0.3, -0.25) is 4.98 Å². The van der Waals surface area contributed by atoms with Crippen LogP contribution in [0.3, 0.4) is 0 Å². The molecule has 0 bridgehead atoms. The third-order valence-electron chi connectivity index (χ3n) is 3.34. The lowest BCUT2D eigenvalue weighted by atomic mass is 10.2. The third kappa shape index (κ3) is 3.73. The molecule has 3 rings (SSSR count). The average molecular weight is 337 g/mol. The van der Waals surface area contributed by atoms with E-state index in [2.05, 4.69) is 21.3 Å². The van der Waals surface area contributed by atoms with E-state index in [1.54, 1.807) is 48.4 Å². The topological polar surface area (TPSA) is 76.6 Å². The van der Waals surface area contributed by atoms with E-state index in [1.807, 2.05) is 23.7 Å². The van der Waals surface area contributed by atoms with Crippen molar-refractivity contribution in [1.29, 1.82) is 5.26 Å². The Balaban J connectivity index is 1.54. The molecule has 2 aromatic heterocycles. The highest BCUT2D eigenvalue weighted by atomic mass is 32.2. The second kappa shape index (κ2) is 7.62. The minimum Gasteiger partial charge on any atom is -0.493 e. The average Bonchev–Trinajstić information content (AvgIpc) is 3.00. The van der Waals surface area contributed by atoms with Crippen molar-refractivity contribution in [1.82, 2.24) is 19.7 Å². The zero-order valence-electron chi connectivity index (χ0n) is 13.1. The van der Waals surface area contributed by atoms with Crippen molar-refractivity contribution in [2.24, 2.45) is 7.05 Å². The maximum atomic E-state index is 8.77. The van der Waals surface area contributed by atoms with E-state index in [0.717, 1.165) is 28.0 Å². The van der Waals surface area contributed by atoms with Crippen molar-refractivity contribution < 1.29 is 4.74 Å². The first-order chi connectivity index (χ1) is 11.8.